The van der Waals surface area contributed by atoms with E-state index in [9.17, 15) is 17.2 Å². The molecule has 3 rings (SSSR count). The van der Waals surface area contributed by atoms with Crippen molar-refractivity contribution in [2.45, 2.75) is 55.6 Å². The Bertz CT molecular complexity index is 945. The first-order valence-corrected chi connectivity index (χ1v) is 10.4. The number of nitrogens with zero attached hydrogens (tertiary/aromatic N) is 2. The number of methoxy groups -OCH3 is 1. The van der Waals surface area contributed by atoms with E-state index in [1.54, 1.807) is 25.1 Å². The van der Waals surface area contributed by atoms with Gasteiger partial charge in [0.25, 0.3) is 6.43 Å². The van der Waals surface area contributed by atoms with E-state index >= 15 is 0 Å². The third-order valence-electron chi connectivity index (χ3n) is 5.15. The molecule has 28 heavy (non-hydrogen) atoms. The van der Waals surface area contributed by atoms with Crippen LogP contribution in [-0.4, -0.2) is 36.7 Å². The molecule has 0 aliphatic carbocycles. The van der Waals surface area contributed by atoms with Crippen LogP contribution in [0.1, 0.15) is 49.2 Å². The van der Waals surface area contributed by atoms with E-state index in [1.165, 1.54) is 17.9 Å². The average molecular weight is 414 g/mol. The Hall–Kier alpha value is -1.84. The first kappa shape index (κ1) is 20.9. The van der Waals surface area contributed by atoms with Gasteiger partial charge in [0.15, 0.2) is 9.84 Å². The van der Waals surface area contributed by atoms with E-state index in [4.69, 9.17) is 9.47 Å². The van der Waals surface area contributed by atoms with Crippen molar-refractivity contribution in [3.8, 4) is 0 Å². The highest BCUT2D eigenvalue weighted by molar-refractivity contribution is 7.92. The maximum absolute atomic E-state index is 13.3. The van der Waals surface area contributed by atoms with Crippen molar-refractivity contribution in [1.82, 2.24) is 9.78 Å². The van der Waals surface area contributed by atoms with Gasteiger partial charge in [0.2, 0.25) is 0 Å². The number of hydrogen-bond donors (Lipinski definition) is 0. The molecule has 2 aromatic rings. The number of aromatic nitrogens is 2. The number of benzene rings is 1. The molecular formula is C19H24F2N2O4S. The van der Waals surface area contributed by atoms with Crippen molar-refractivity contribution in [2.75, 3.05) is 13.7 Å². The standard InChI is InChI=1S/C19H24F2N2O4S/c1-13-5-4-6-14(9-13)28(24,25)19(2)7-8-27-17(11-19)16-10-15(18(20)21)22-23(16)12-26-3/h4-6,9-10,17-18H,7-8,11-12H2,1-3H3. The fourth-order valence-electron chi connectivity index (χ4n) is 3.51. The van der Waals surface area contributed by atoms with Crippen LogP contribution in [0.15, 0.2) is 35.2 Å². The quantitative estimate of drug-likeness (QED) is 0.719. The Balaban J connectivity index is 1.96. The van der Waals surface area contributed by atoms with Gasteiger partial charge in [-0.1, -0.05) is 12.1 Å². The fraction of sp³-hybridized carbons (Fsp3) is 0.526. The molecule has 154 valence electrons. The highest BCUT2D eigenvalue weighted by Crippen LogP contribution is 2.42. The number of halogens is 2. The summed E-state index contributed by atoms with van der Waals surface area (Å²) in [6.07, 6.45) is -2.95. The van der Waals surface area contributed by atoms with Gasteiger partial charge in [0.1, 0.15) is 18.5 Å². The molecule has 1 aromatic carbocycles. The molecule has 6 nitrogen and oxygen atoms in total. The first-order valence-electron chi connectivity index (χ1n) is 8.95. The third kappa shape index (κ3) is 3.83. The number of sulfone groups is 1. The number of hydrogen-bond acceptors (Lipinski definition) is 5. The zero-order valence-electron chi connectivity index (χ0n) is 16.1. The average Bonchev–Trinajstić information content (AvgIpc) is 3.06. The van der Waals surface area contributed by atoms with Gasteiger partial charge < -0.3 is 9.47 Å². The predicted molar refractivity (Wildman–Crippen MR) is 98.9 cm³/mol. The summed E-state index contributed by atoms with van der Waals surface area (Å²) in [6.45, 7) is 3.70. The SMILES string of the molecule is COCn1nc(C(F)F)cc1C1CC(C)(S(=O)(=O)c2cccc(C)c2)CCO1. The van der Waals surface area contributed by atoms with Crippen molar-refractivity contribution < 1.29 is 26.7 Å². The maximum atomic E-state index is 13.3. The summed E-state index contributed by atoms with van der Waals surface area (Å²) in [5.74, 6) is 0. The largest absolute Gasteiger partial charge is 0.372 e. The van der Waals surface area contributed by atoms with Gasteiger partial charge >= 0.3 is 0 Å². The van der Waals surface area contributed by atoms with Gasteiger partial charge in [-0.15, -0.1) is 0 Å². The van der Waals surface area contributed by atoms with Crippen LogP contribution in [0.3, 0.4) is 0 Å². The van der Waals surface area contributed by atoms with Crippen molar-refractivity contribution in [3.05, 3.63) is 47.3 Å². The molecule has 1 fully saturated rings. The molecule has 1 aliphatic heterocycles. The lowest BCUT2D eigenvalue weighted by atomic mass is 9.94. The van der Waals surface area contributed by atoms with E-state index in [0.717, 1.165) is 5.56 Å². The molecule has 0 bridgehead atoms. The van der Waals surface area contributed by atoms with Gasteiger partial charge in [-0.2, -0.15) is 5.10 Å². The van der Waals surface area contributed by atoms with E-state index in [-0.39, 0.29) is 30.3 Å². The van der Waals surface area contributed by atoms with E-state index in [0.29, 0.717) is 12.1 Å². The summed E-state index contributed by atoms with van der Waals surface area (Å²) in [4.78, 5) is 0.259. The van der Waals surface area contributed by atoms with Crippen LogP contribution in [0.25, 0.3) is 0 Å². The number of aryl methyl sites for hydroxylation is 1. The Morgan fingerprint density at radius 2 is 2.14 bits per heavy atom. The van der Waals surface area contributed by atoms with Crippen molar-refractivity contribution in [2.24, 2.45) is 0 Å². The molecule has 0 spiro atoms. The molecule has 0 N–H and O–H groups in total. The van der Waals surface area contributed by atoms with Crippen LogP contribution in [0.5, 0.6) is 0 Å². The fourth-order valence-corrected chi connectivity index (χ4v) is 5.41. The Morgan fingerprint density at radius 3 is 2.79 bits per heavy atom. The van der Waals surface area contributed by atoms with Crippen molar-refractivity contribution >= 4 is 9.84 Å². The smallest absolute Gasteiger partial charge is 0.282 e. The number of ether oxygens (including phenoxy) is 2. The van der Waals surface area contributed by atoms with Gasteiger partial charge in [-0.05, 0) is 50.5 Å². The predicted octanol–water partition coefficient (Wildman–Crippen LogP) is 3.82. The summed E-state index contributed by atoms with van der Waals surface area (Å²) < 4.78 is 63.9. The molecule has 1 saturated heterocycles. The summed E-state index contributed by atoms with van der Waals surface area (Å²) in [7, 11) is -2.22. The molecule has 0 amide bonds. The molecule has 2 heterocycles. The van der Waals surface area contributed by atoms with Gasteiger partial charge in [-0.3, -0.25) is 0 Å². The minimum atomic E-state index is -3.65. The maximum Gasteiger partial charge on any atom is 0.282 e. The highest BCUT2D eigenvalue weighted by Gasteiger charge is 2.46. The van der Waals surface area contributed by atoms with E-state index < -0.39 is 27.1 Å². The van der Waals surface area contributed by atoms with Gasteiger partial charge in [0.05, 0.1) is 15.3 Å². The Labute approximate surface area is 163 Å². The number of rotatable bonds is 6. The zero-order valence-corrected chi connectivity index (χ0v) is 16.9. The lowest BCUT2D eigenvalue weighted by molar-refractivity contribution is -0.00920. The van der Waals surface area contributed by atoms with E-state index in [2.05, 4.69) is 5.10 Å². The van der Waals surface area contributed by atoms with E-state index in [1.807, 2.05) is 13.0 Å². The summed E-state index contributed by atoms with van der Waals surface area (Å²) in [6, 6.07) is 8.05. The Kier molecular flexibility index (Phi) is 5.88. The second kappa shape index (κ2) is 7.88. The molecule has 1 aliphatic rings. The lowest BCUT2D eigenvalue weighted by Gasteiger charge is -2.37. The molecule has 9 heteroatoms. The molecule has 2 unspecified atom stereocenters. The first-order chi connectivity index (χ1) is 13.2. The molecule has 0 saturated carbocycles. The van der Waals surface area contributed by atoms with Crippen LogP contribution in [0.4, 0.5) is 8.78 Å². The minimum Gasteiger partial charge on any atom is -0.372 e. The third-order valence-corrected chi connectivity index (χ3v) is 7.69. The molecular weight excluding hydrogens is 390 g/mol. The van der Waals surface area contributed by atoms with Crippen LogP contribution in [0.2, 0.25) is 0 Å². The normalized spacial score (nSPS) is 23.3. The second-order valence-corrected chi connectivity index (χ2v) is 9.76. The molecule has 2 atom stereocenters. The molecule has 0 radical (unpaired) electrons. The van der Waals surface area contributed by atoms with Crippen LogP contribution in [-0.2, 0) is 26.0 Å². The lowest BCUT2D eigenvalue weighted by Crippen LogP contribution is -2.42. The van der Waals surface area contributed by atoms with Crippen LogP contribution in [0, 0.1) is 6.92 Å². The number of alkyl halides is 2. The monoisotopic (exact) mass is 414 g/mol. The zero-order chi connectivity index (χ0) is 20.5. The summed E-state index contributed by atoms with van der Waals surface area (Å²) >= 11 is 0. The topological polar surface area (TPSA) is 70.4 Å². The highest BCUT2D eigenvalue weighted by atomic mass is 32.2. The Morgan fingerprint density at radius 1 is 1.39 bits per heavy atom. The summed E-state index contributed by atoms with van der Waals surface area (Å²) in [5, 5.41) is 3.87. The molecule has 1 aromatic heterocycles. The summed E-state index contributed by atoms with van der Waals surface area (Å²) in [5.41, 5.74) is 0.861. The van der Waals surface area contributed by atoms with Crippen molar-refractivity contribution in [3.63, 3.8) is 0 Å². The minimum absolute atomic E-state index is 0.0245. The van der Waals surface area contributed by atoms with Gasteiger partial charge in [0, 0.05) is 13.7 Å². The van der Waals surface area contributed by atoms with Crippen LogP contribution < -0.4 is 0 Å². The van der Waals surface area contributed by atoms with Gasteiger partial charge in [-0.25, -0.2) is 21.9 Å². The van der Waals surface area contributed by atoms with Crippen molar-refractivity contribution in [1.29, 1.82) is 0 Å². The van der Waals surface area contributed by atoms with Crippen LogP contribution >= 0.6 is 0 Å². The second-order valence-electron chi connectivity index (χ2n) is 7.30.